The Morgan fingerprint density at radius 1 is 1.19 bits per heavy atom. The molecule has 0 spiro atoms. The fourth-order valence-electron chi connectivity index (χ4n) is 2.63. The van der Waals surface area contributed by atoms with Gasteiger partial charge in [-0.25, -0.2) is 9.97 Å². The first-order valence-corrected chi connectivity index (χ1v) is 8.09. The smallest absolute Gasteiger partial charge is 0.129 e. The molecule has 21 heavy (non-hydrogen) atoms. The highest BCUT2D eigenvalue weighted by molar-refractivity contribution is 9.10. The molecule has 0 saturated carbocycles. The van der Waals surface area contributed by atoms with Gasteiger partial charge < -0.3 is 10.2 Å². The van der Waals surface area contributed by atoms with Crippen LogP contribution in [0.1, 0.15) is 24.1 Å². The molecule has 2 aromatic heterocycles. The molecule has 4 nitrogen and oxygen atoms in total. The van der Waals surface area contributed by atoms with Crippen molar-refractivity contribution in [2.75, 3.05) is 23.3 Å². The standard InChI is InChI=1S/C16H19BrN4/c1-12-9-13(10-16(19-12)21-7-2-3-8-21)11-18-15-6-4-5-14(17)20-15/h4-6,9-10H,2-3,7-8,11H2,1H3,(H,18,20). The van der Waals surface area contributed by atoms with E-state index in [0.717, 1.165) is 41.6 Å². The lowest BCUT2D eigenvalue weighted by Gasteiger charge is -2.18. The summed E-state index contributed by atoms with van der Waals surface area (Å²) in [6.07, 6.45) is 2.54. The maximum Gasteiger partial charge on any atom is 0.129 e. The Kier molecular flexibility index (Phi) is 4.39. The molecule has 0 aliphatic carbocycles. The molecule has 3 rings (SSSR count). The van der Waals surface area contributed by atoms with E-state index in [9.17, 15) is 0 Å². The summed E-state index contributed by atoms with van der Waals surface area (Å²) in [5.74, 6) is 1.98. The molecule has 0 atom stereocenters. The second-order valence-corrected chi connectivity index (χ2v) is 6.18. The number of hydrogen-bond donors (Lipinski definition) is 1. The SMILES string of the molecule is Cc1cc(CNc2cccc(Br)n2)cc(N2CCCC2)n1. The van der Waals surface area contributed by atoms with Crippen molar-refractivity contribution >= 4 is 27.6 Å². The van der Waals surface area contributed by atoms with Crippen LogP contribution in [0.2, 0.25) is 0 Å². The fraction of sp³-hybridized carbons (Fsp3) is 0.375. The molecule has 1 aliphatic rings. The number of aryl methyl sites for hydroxylation is 1. The number of rotatable bonds is 4. The van der Waals surface area contributed by atoms with Crippen LogP contribution in [0.25, 0.3) is 0 Å². The molecule has 1 fully saturated rings. The average Bonchev–Trinajstić information content (AvgIpc) is 2.99. The van der Waals surface area contributed by atoms with E-state index >= 15 is 0 Å². The van der Waals surface area contributed by atoms with Crippen molar-refractivity contribution in [3.05, 3.63) is 46.2 Å². The van der Waals surface area contributed by atoms with Gasteiger partial charge in [-0.1, -0.05) is 6.07 Å². The maximum absolute atomic E-state index is 4.66. The number of aromatic nitrogens is 2. The Labute approximate surface area is 133 Å². The monoisotopic (exact) mass is 346 g/mol. The van der Waals surface area contributed by atoms with Crippen LogP contribution in [0.5, 0.6) is 0 Å². The van der Waals surface area contributed by atoms with Gasteiger partial charge in [0.15, 0.2) is 0 Å². The van der Waals surface area contributed by atoms with Crippen molar-refractivity contribution in [3.8, 4) is 0 Å². The van der Waals surface area contributed by atoms with Gasteiger partial charge in [-0.05, 0) is 65.5 Å². The first kappa shape index (κ1) is 14.3. The van der Waals surface area contributed by atoms with Crippen LogP contribution in [-0.2, 0) is 6.54 Å². The Balaban J connectivity index is 1.72. The highest BCUT2D eigenvalue weighted by Gasteiger charge is 2.14. The number of hydrogen-bond acceptors (Lipinski definition) is 4. The number of nitrogens with zero attached hydrogens (tertiary/aromatic N) is 3. The minimum absolute atomic E-state index is 0.758. The quantitative estimate of drug-likeness (QED) is 0.855. The third-order valence-electron chi connectivity index (χ3n) is 3.62. The molecule has 1 aliphatic heterocycles. The molecule has 0 aromatic carbocycles. The summed E-state index contributed by atoms with van der Waals surface area (Å²) in [5, 5.41) is 3.36. The van der Waals surface area contributed by atoms with Crippen molar-refractivity contribution in [1.29, 1.82) is 0 Å². The van der Waals surface area contributed by atoms with E-state index in [4.69, 9.17) is 0 Å². The minimum Gasteiger partial charge on any atom is -0.366 e. The highest BCUT2D eigenvalue weighted by Crippen LogP contribution is 2.20. The van der Waals surface area contributed by atoms with Crippen LogP contribution < -0.4 is 10.2 Å². The number of anilines is 2. The second kappa shape index (κ2) is 6.43. The molecule has 2 aromatic rings. The Hall–Kier alpha value is -1.62. The van der Waals surface area contributed by atoms with E-state index in [2.05, 4.69) is 55.2 Å². The Morgan fingerprint density at radius 2 is 2.00 bits per heavy atom. The summed E-state index contributed by atoms with van der Waals surface area (Å²) >= 11 is 3.39. The van der Waals surface area contributed by atoms with E-state index < -0.39 is 0 Å². The first-order chi connectivity index (χ1) is 10.2. The van der Waals surface area contributed by atoms with E-state index in [-0.39, 0.29) is 0 Å². The first-order valence-electron chi connectivity index (χ1n) is 7.30. The normalized spacial score (nSPS) is 14.5. The van der Waals surface area contributed by atoms with Crippen molar-refractivity contribution < 1.29 is 0 Å². The van der Waals surface area contributed by atoms with E-state index in [1.54, 1.807) is 0 Å². The van der Waals surface area contributed by atoms with Gasteiger partial charge in [0.1, 0.15) is 16.2 Å². The third-order valence-corrected chi connectivity index (χ3v) is 4.06. The topological polar surface area (TPSA) is 41.1 Å². The highest BCUT2D eigenvalue weighted by atomic mass is 79.9. The van der Waals surface area contributed by atoms with Crippen LogP contribution in [0.3, 0.4) is 0 Å². The molecule has 0 bridgehead atoms. The zero-order valence-corrected chi connectivity index (χ0v) is 13.7. The minimum atomic E-state index is 0.758. The average molecular weight is 347 g/mol. The van der Waals surface area contributed by atoms with E-state index in [1.165, 1.54) is 18.4 Å². The lowest BCUT2D eigenvalue weighted by atomic mass is 10.2. The Morgan fingerprint density at radius 3 is 2.76 bits per heavy atom. The third kappa shape index (κ3) is 3.73. The van der Waals surface area contributed by atoms with Gasteiger partial charge in [0.2, 0.25) is 0 Å². The van der Waals surface area contributed by atoms with Crippen molar-refractivity contribution in [2.24, 2.45) is 0 Å². The second-order valence-electron chi connectivity index (χ2n) is 5.37. The number of halogens is 1. The van der Waals surface area contributed by atoms with Crippen LogP contribution in [0.4, 0.5) is 11.6 Å². The maximum atomic E-state index is 4.66. The summed E-state index contributed by atoms with van der Waals surface area (Å²) in [6.45, 7) is 5.06. The van der Waals surface area contributed by atoms with Crippen LogP contribution in [0.15, 0.2) is 34.9 Å². The van der Waals surface area contributed by atoms with Gasteiger partial charge in [-0.3, -0.25) is 0 Å². The van der Waals surface area contributed by atoms with E-state index in [1.807, 2.05) is 18.2 Å². The molecular weight excluding hydrogens is 328 g/mol. The largest absolute Gasteiger partial charge is 0.366 e. The zero-order chi connectivity index (χ0) is 14.7. The molecule has 0 unspecified atom stereocenters. The molecule has 1 N–H and O–H groups in total. The van der Waals surface area contributed by atoms with Gasteiger partial charge in [0, 0.05) is 25.3 Å². The van der Waals surface area contributed by atoms with Gasteiger partial charge in [-0.15, -0.1) is 0 Å². The lowest BCUT2D eigenvalue weighted by molar-refractivity contribution is 0.921. The van der Waals surface area contributed by atoms with Gasteiger partial charge in [0.25, 0.3) is 0 Å². The van der Waals surface area contributed by atoms with Crippen LogP contribution >= 0.6 is 15.9 Å². The van der Waals surface area contributed by atoms with Crippen LogP contribution in [-0.4, -0.2) is 23.1 Å². The summed E-state index contributed by atoms with van der Waals surface area (Å²) in [5.41, 5.74) is 2.31. The molecular formula is C16H19BrN4. The van der Waals surface area contributed by atoms with Gasteiger partial charge >= 0.3 is 0 Å². The van der Waals surface area contributed by atoms with Crippen molar-refractivity contribution in [2.45, 2.75) is 26.3 Å². The Bertz CT molecular complexity index is 623. The summed E-state index contributed by atoms with van der Waals surface area (Å²) in [6, 6.07) is 10.2. The summed E-state index contributed by atoms with van der Waals surface area (Å²) in [4.78, 5) is 11.4. The van der Waals surface area contributed by atoms with E-state index in [0.29, 0.717) is 0 Å². The summed E-state index contributed by atoms with van der Waals surface area (Å²) < 4.78 is 0.844. The van der Waals surface area contributed by atoms with Crippen molar-refractivity contribution in [3.63, 3.8) is 0 Å². The zero-order valence-electron chi connectivity index (χ0n) is 12.1. The number of nitrogens with one attached hydrogen (secondary N) is 1. The van der Waals surface area contributed by atoms with Gasteiger partial charge in [0.05, 0.1) is 0 Å². The van der Waals surface area contributed by atoms with Crippen LogP contribution in [0, 0.1) is 6.92 Å². The molecule has 5 heteroatoms. The molecule has 3 heterocycles. The van der Waals surface area contributed by atoms with Crippen molar-refractivity contribution in [1.82, 2.24) is 9.97 Å². The number of pyridine rings is 2. The summed E-state index contributed by atoms with van der Waals surface area (Å²) in [7, 11) is 0. The molecule has 110 valence electrons. The predicted octanol–water partition coefficient (Wildman–Crippen LogP) is 3.76. The molecule has 0 radical (unpaired) electrons. The molecule has 1 saturated heterocycles. The van der Waals surface area contributed by atoms with Gasteiger partial charge in [-0.2, -0.15) is 0 Å². The lowest BCUT2D eigenvalue weighted by Crippen LogP contribution is -2.19. The predicted molar refractivity (Wildman–Crippen MR) is 89.7 cm³/mol. The molecule has 0 amide bonds. The fourth-order valence-corrected chi connectivity index (χ4v) is 2.97.